The van der Waals surface area contributed by atoms with Crippen LogP contribution in [0.25, 0.3) is 0 Å². The molecule has 1 saturated carbocycles. The first-order valence-electron chi connectivity index (χ1n) is 9.00. The molecule has 118 valence electrons. The Morgan fingerprint density at radius 3 is 2.70 bits per heavy atom. The summed E-state index contributed by atoms with van der Waals surface area (Å²) in [6.45, 7) is 11.5. The molecule has 0 spiro atoms. The molecule has 4 atom stereocenters. The van der Waals surface area contributed by atoms with E-state index in [4.69, 9.17) is 4.74 Å². The van der Waals surface area contributed by atoms with Crippen molar-refractivity contribution in [2.75, 3.05) is 26.3 Å². The van der Waals surface area contributed by atoms with Crippen LogP contribution in [-0.4, -0.2) is 26.3 Å². The first-order valence-corrected chi connectivity index (χ1v) is 9.00. The molecular weight excluding hydrogens is 246 g/mol. The molecule has 1 aliphatic heterocycles. The molecule has 0 radical (unpaired) electrons. The van der Waals surface area contributed by atoms with E-state index >= 15 is 0 Å². The molecule has 2 aliphatic rings. The highest BCUT2D eigenvalue weighted by atomic mass is 16.5. The first-order chi connectivity index (χ1) is 9.72. The van der Waals surface area contributed by atoms with Crippen LogP contribution in [0, 0.1) is 29.6 Å². The molecule has 2 heteroatoms. The van der Waals surface area contributed by atoms with E-state index in [0.29, 0.717) is 0 Å². The van der Waals surface area contributed by atoms with Crippen molar-refractivity contribution in [3.63, 3.8) is 0 Å². The Morgan fingerprint density at radius 2 is 2.05 bits per heavy atom. The van der Waals surface area contributed by atoms with Crippen LogP contribution in [0.3, 0.4) is 0 Å². The van der Waals surface area contributed by atoms with Gasteiger partial charge in [0.25, 0.3) is 0 Å². The number of ether oxygens (including phenoxy) is 1. The van der Waals surface area contributed by atoms with Crippen molar-refractivity contribution in [1.82, 2.24) is 5.32 Å². The van der Waals surface area contributed by atoms with Crippen molar-refractivity contribution in [3.8, 4) is 0 Å². The Morgan fingerprint density at radius 1 is 1.20 bits per heavy atom. The smallest absolute Gasteiger partial charge is 0.0497 e. The molecule has 20 heavy (non-hydrogen) atoms. The molecular formula is C18H35NO. The predicted octanol–water partition coefficient (Wildman–Crippen LogP) is 4.10. The topological polar surface area (TPSA) is 21.3 Å². The van der Waals surface area contributed by atoms with Crippen LogP contribution in [0.2, 0.25) is 0 Å². The standard InChI is InChI=1S/C18H35NO/c1-4-9-19-12-16-8-7-15(14(2)3)11-18(16)17-6-5-10-20-13-17/h14-19H,4-13H2,1-3H3. The molecule has 0 bridgehead atoms. The largest absolute Gasteiger partial charge is 0.381 e. The fraction of sp³-hybridized carbons (Fsp3) is 1.00. The molecule has 0 aromatic rings. The second-order valence-electron chi connectivity index (χ2n) is 7.42. The van der Waals surface area contributed by atoms with Crippen molar-refractivity contribution < 1.29 is 4.74 Å². The van der Waals surface area contributed by atoms with E-state index in [0.717, 1.165) is 42.8 Å². The number of rotatable bonds is 6. The zero-order valence-electron chi connectivity index (χ0n) is 13.9. The summed E-state index contributed by atoms with van der Waals surface area (Å²) in [6.07, 6.45) is 8.26. The lowest BCUT2D eigenvalue weighted by molar-refractivity contribution is -0.00702. The summed E-state index contributed by atoms with van der Waals surface area (Å²) in [5.41, 5.74) is 0. The molecule has 2 fully saturated rings. The Bertz CT molecular complexity index is 260. The maximum absolute atomic E-state index is 5.78. The van der Waals surface area contributed by atoms with Crippen LogP contribution in [0.5, 0.6) is 0 Å². The van der Waals surface area contributed by atoms with Crippen LogP contribution in [0.15, 0.2) is 0 Å². The quantitative estimate of drug-likeness (QED) is 0.740. The molecule has 1 N–H and O–H groups in total. The van der Waals surface area contributed by atoms with Gasteiger partial charge in [-0.25, -0.2) is 0 Å². The maximum atomic E-state index is 5.78. The van der Waals surface area contributed by atoms with Gasteiger partial charge in [0.1, 0.15) is 0 Å². The Balaban J connectivity index is 1.93. The highest BCUT2D eigenvalue weighted by Gasteiger charge is 2.36. The molecule has 2 rings (SSSR count). The van der Waals surface area contributed by atoms with E-state index in [1.54, 1.807) is 0 Å². The molecule has 0 amide bonds. The van der Waals surface area contributed by atoms with Gasteiger partial charge in [-0.2, -0.15) is 0 Å². The highest BCUT2D eigenvalue weighted by molar-refractivity contribution is 4.87. The van der Waals surface area contributed by atoms with Gasteiger partial charge in [-0.3, -0.25) is 0 Å². The fourth-order valence-corrected chi connectivity index (χ4v) is 4.31. The van der Waals surface area contributed by atoms with E-state index < -0.39 is 0 Å². The first kappa shape index (κ1) is 16.3. The number of nitrogens with one attached hydrogen (secondary N) is 1. The summed E-state index contributed by atoms with van der Waals surface area (Å²) < 4.78 is 5.78. The summed E-state index contributed by atoms with van der Waals surface area (Å²) in [5.74, 6) is 4.43. The summed E-state index contributed by atoms with van der Waals surface area (Å²) in [5, 5.41) is 3.68. The molecule has 4 unspecified atom stereocenters. The minimum Gasteiger partial charge on any atom is -0.381 e. The highest BCUT2D eigenvalue weighted by Crippen LogP contribution is 2.43. The summed E-state index contributed by atoms with van der Waals surface area (Å²) >= 11 is 0. The Labute approximate surface area is 126 Å². The minimum absolute atomic E-state index is 0.832. The summed E-state index contributed by atoms with van der Waals surface area (Å²) in [7, 11) is 0. The lowest BCUT2D eigenvalue weighted by Gasteiger charge is -2.43. The van der Waals surface area contributed by atoms with Gasteiger partial charge < -0.3 is 10.1 Å². The van der Waals surface area contributed by atoms with Gasteiger partial charge in [-0.1, -0.05) is 20.8 Å². The van der Waals surface area contributed by atoms with Crippen molar-refractivity contribution in [1.29, 1.82) is 0 Å². The average Bonchev–Trinajstić information content (AvgIpc) is 2.48. The third-order valence-electron chi connectivity index (χ3n) is 5.67. The van der Waals surface area contributed by atoms with E-state index in [-0.39, 0.29) is 0 Å². The minimum atomic E-state index is 0.832. The molecule has 2 nitrogen and oxygen atoms in total. The Kier molecular flexibility index (Phi) is 6.83. The lowest BCUT2D eigenvalue weighted by Crippen LogP contribution is -2.40. The second-order valence-corrected chi connectivity index (χ2v) is 7.42. The molecule has 1 aliphatic carbocycles. The number of hydrogen-bond acceptors (Lipinski definition) is 2. The van der Waals surface area contributed by atoms with Gasteiger partial charge in [0.2, 0.25) is 0 Å². The van der Waals surface area contributed by atoms with E-state index in [1.807, 2.05) is 0 Å². The van der Waals surface area contributed by atoms with Gasteiger partial charge in [0, 0.05) is 13.2 Å². The van der Waals surface area contributed by atoms with Crippen LogP contribution in [0.1, 0.15) is 59.3 Å². The van der Waals surface area contributed by atoms with Gasteiger partial charge in [0.15, 0.2) is 0 Å². The van der Waals surface area contributed by atoms with Crippen molar-refractivity contribution in [3.05, 3.63) is 0 Å². The summed E-state index contributed by atoms with van der Waals surface area (Å²) in [4.78, 5) is 0. The van der Waals surface area contributed by atoms with Gasteiger partial charge in [-0.15, -0.1) is 0 Å². The zero-order chi connectivity index (χ0) is 14.4. The molecule has 0 aromatic heterocycles. The molecule has 1 saturated heterocycles. The third-order valence-corrected chi connectivity index (χ3v) is 5.67. The van der Waals surface area contributed by atoms with Crippen molar-refractivity contribution in [2.45, 2.75) is 59.3 Å². The van der Waals surface area contributed by atoms with E-state index in [9.17, 15) is 0 Å². The fourth-order valence-electron chi connectivity index (χ4n) is 4.31. The van der Waals surface area contributed by atoms with Crippen LogP contribution in [0.4, 0.5) is 0 Å². The van der Waals surface area contributed by atoms with E-state index in [1.165, 1.54) is 51.6 Å². The van der Waals surface area contributed by atoms with Crippen LogP contribution < -0.4 is 5.32 Å². The van der Waals surface area contributed by atoms with E-state index in [2.05, 4.69) is 26.1 Å². The maximum Gasteiger partial charge on any atom is 0.0497 e. The van der Waals surface area contributed by atoms with Crippen LogP contribution in [-0.2, 0) is 4.74 Å². The monoisotopic (exact) mass is 281 g/mol. The predicted molar refractivity (Wildman–Crippen MR) is 85.9 cm³/mol. The van der Waals surface area contributed by atoms with Crippen molar-refractivity contribution in [2.24, 2.45) is 29.6 Å². The normalized spacial score (nSPS) is 35.4. The summed E-state index contributed by atoms with van der Waals surface area (Å²) in [6, 6.07) is 0. The third kappa shape index (κ3) is 4.46. The zero-order valence-corrected chi connectivity index (χ0v) is 13.9. The number of hydrogen-bond donors (Lipinski definition) is 1. The molecule has 1 heterocycles. The van der Waals surface area contributed by atoms with Gasteiger partial charge in [-0.05, 0) is 81.2 Å². The second kappa shape index (κ2) is 8.38. The Hall–Kier alpha value is -0.0800. The van der Waals surface area contributed by atoms with Gasteiger partial charge >= 0.3 is 0 Å². The van der Waals surface area contributed by atoms with Crippen LogP contribution >= 0.6 is 0 Å². The molecule has 0 aromatic carbocycles. The lowest BCUT2D eigenvalue weighted by atomic mass is 9.65. The van der Waals surface area contributed by atoms with Gasteiger partial charge in [0.05, 0.1) is 0 Å². The average molecular weight is 281 g/mol. The van der Waals surface area contributed by atoms with Crippen molar-refractivity contribution >= 4 is 0 Å². The SMILES string of the molecule is CCCNCC1CCC(C(C)C)CC1C1CCCOC1.